The van der Waals surface area contributed by atoms with Gasteiger partial charge in [-0.2, -0.15) is 0 Å². The standard InChI is InChI=1S/C18H19NO6S/c1-11(2)25-18(22)13-6-8-15(9-7-13)19-26(23,24)16-10-14(17(20)21)5-4-12(16)3/h4-11,19H,1-3H3,(H,20,21)/p-1. The van der Waals surface area contributed by atoms with Crippen LogP contribution in [0.2, 0.25) is 0 Å². The molecule has 2 aromatic carbocycles. The Bertz CT molecular complexity index is 933. The zero-order chi connectivity index (χ0) is 19.5. The first-order valence-corrected chi connectivity index (χ1v) is 9.24. The van der Waals surface area contributed by atoms with Crippen LogP contribution in [0.15, 0.2) is 47.4 Å². The van der Waals surface area contributed by atoms with Crippen molar-refractivity contribution >= 4 is 27.6 Å². The number of hydrogen-bond acceptors (Lipinski definition) is 6. The van der Waals surface area contributed by atoms with Gasteiger partial charge < -0.3 is 14.6 Å². The summed E-state index contributed by atoms with van der Waals surface area (Å²) in [6.45, 7) is 5.01. The van der Waals surface area contributed by atoms with E-state index in [9.17, 15) is 23.1 Å². The molecule has 0 radical (unpaired) electrons. The number of carbonyl (C=O) groups is 2. The topological polar surface area (TPSA) is 113 Å². The first-order chi connectivity index (χ1) is 12.1. The fourth-order valence-corrected chi connectivity index (χ4v) is 3.51. The fraction of sp³-hybridized carbons (Fsp3) is 0.222. The molecule has 0 heterocycles. The summed E-state index contributed by atoms with van der Waals surface area (Å²) in [5.74, 6) is -1.97. The van der Waals surface area contributed by atoms with Crippen LogP contribution in [0.5, 0.6) is 0 Å². The molecule has 7 nitrogen and oxygen atoms in total. The van der Waals surface area contributed by atoms with Gasteiger partial charge in [-0.25, -0.2) is 13.2 Å². The van der Waals surface area contributed by atoms with Crippen molar-refractivity contribution in [1.29, 1.82) is 0 Å². The van der Waals surface area contributed by atoms with E-state index in [1.54, 1.807) is 20.8 Å². The molecule has 0 amide bonds. The van der Waals surface area contributed by atoms with Crippen LogP contribution in [0.3, 0.4) is 0 Å². The van der Waals surface area contributed by atoms with E-state index in [1.165, 1.54) is 36.4 Å². The highest BCUT2D eigenvalue weighted by Gasteiger charge is 2.18. The molecule has 8 heteroatoms. The average molecular weight is 376 g/mol. The molecule has 0 atom stereocenters. The van der Waals surface area contributed by atoms with Gasteiger partial charge in [-0.3, -0.25) is 4.72 Å². The zero-order valence-electron chi connectivity index (χ0n) is 14.5. The molecule has 26 heavy (non-hydrogen) atoms. The van der Waals surface area contributed by atoms with Gasteiger partial charge in [0.1, 0.15) is 0 Å². The molecule has 0 unspecified atom stereocenters. The van der Waals surface area contributed by atoms with E-state index in [0.29, 0.717) is 5.56 Å². The number of aromatic carboxylic acids is 1. The van der Waals surface area contributed by atoms with Gasteiger partial charge in [0.2, 0.25) is 0 Å². The van der Waals surface area contributed by atoms with Crippen LogP contribution in [-0.2, 0) is 14.8 Å². The maximum atomic E-state index is 12.5. The molecule has 0 aliphatic rings. The highest BCUT2D eigenvalue weighted by Crippen LogP contribution is 2.21. The second-order valence-corrected chi connectivity index (χ2v) is 7.56. The number of carboxylic acid groups (broad SMARTS) is 1. The normalized spacial score (nSPS) is 11.2. The Morgan fingerprint density at radius 3 is 2.15 bits per heavy atom. The number of rotatable bonds is 6. The van der Waals surface area contributed by atoms with E-state index in [2.05, 4.69) is 4.72 Å². The number of anilines is 1. The van der Waals surface area contributed by atoms with Crippen LogP contribution < -0.4 is 9.83 Å². The lowest BCUT2D eigenvalue weighted by Gasteiger charge is -2.13. The van der Waals surface area contributed by atoms with E-state index in [0.717, 1.165) is 6.07 Å². The highest BCUT2D eigenvalue weighted by atomic mass is 32.2. The van der Waals surface area contributed by atoms with Gasteiger partial charge in [-0.1, -0.05) is 12.1 Å². The molecule has 0 saturated heterocycles. The Labute approximate surface area is 151 Å². The van der Waals surface area contributed by atoms with Gasteiger partial charge in [0.05, 0.1) is 22.5 Å². The fourth-order valence-electron chi connectivity index (χ4n) is 2.18. The lowest BCUT2D eigenvalue weighted by Crippen LogP contribution is -2.23. The molecule has 138 valence electrons. The molecule has 0 aliphatic carbocycles. The van der Waals surface area contributed by atoms with E-state index < -0.39 is 22.0 Å². The Balaban J connectivity index is 2.26. The van der Waals surface area contributed by atoms with Gasteiger partial charge in [0.15, 0.2) is 0 Å². The minimum absolute atomic E-state index is 0.164. The number of carboxylic acids is 1. The number of benzene rings is 2. The van der Waals surface area contributed by atoms with E-state index >= 15 is 0 Å². The van der Waals surface area contributed by atoms with Crippen LogP contribution in [0.25, 0.3) is 0 Å². The van der Waals surface area contributed by atoms with Crippen molar-refractivity contribution in [2.24, 2.45) is 0 Å². The monoisotopic (exact) mass is 376 g/mol. The number of esters is 1. The molecule has 0 spiro atoms. The molecule has 0 aliphatic heterocycles. The van der Waals surface area contributed by atoms with Crippen molar-refractivity contribution in [3.8, 4) is 0 Å². The summed E-state index contributed by atoms with van der Waals surface area (Å²) in [5.41, 5.74) is 0.670. The molecular formula is C18H18NO6S-. The summed E-state index contributed by atoms with van der Waals surface area (Å²) in [6.07, 6.45) is -0.264. The van der Waals surface area contributed by atoms with Crippen LogP contribution in [-0.4, -0.2) is 26.5 Å². The summed E-state index contributed by atoms with van der Waals surface area (Å²) in [4.78, 5) is 22.6. The predicted octanol–water partition coefficient (Wildman–Crippen LogP) is 1.72. The summed E-state index contributed by atoms with van der Waals surface area (Å²) < 4.78 is 32.5. The summed E-state index contributed by atoms with van der Waals surface area (Å²) in [5, 5.41) is 11.0. The number of nitrogens with one attached hydrogen (secondary N) is 1. The molecule has 2 rings (SSSR count). The summed E-state index contributed by atoms with van der Waals surface area (Å²) in [7, 11) is -4.01. The SMILES string of the molecule is Cc1ccc(C(=O)[O-])cc1S(=O)(=O)Nc1ccc(C(=O)OC(C)C)cc1. The van der Waals surface area contributed by atoms with E-state index in [-0.39, 0.29) is 27.8 Å². The molecule has 2 aromatic rings. The van der Waals surface area contributed by atoms with E-state index in [4.69, 9.17) is 4.74 Å². The van der Waals surface area contributed by atoms with Crippen molar-refractivity contribution in [1.82, 2.24) is 0 Å². The molecule has 0 saturated carbocycles. The third-order valence-electron chi connectivity index (χ3n) is 3.43. The predicted molar refractivity (Wildman–Crippen MR) is 93.3 cm³/mol. The Hall–Kier alpha value is -2.87. The first kappa shape index (κ1) is 19.5. The largest absolute Gasteiger partial charge is 0.545 e. The minimum atomic E-state index is -4.01. The van der Waals surface area contributed by atoms with Gasteiger partial charge in [-0.05, 0) is 62.2 Å². The minimum Gasteiger partial charge on any atom is -0.545 e. The van der Waals surface area contributed by atoms with Crippen molar-refractivity contribution in [2.45, 2.75) is 31.8 Å². The number of hydrogen-bond donors (Lipinski definition) is 1. The van der Waals surface area contributed by atoms with E-state index in [1.807, 2.05) is 0 Å². The van der Waals surface area contributed by atoms with Crippen LogP contribution in [0, 0.1) is 6.92 Å². The van der Waals surface area contributed by atoms with Crippen molar-refractivity contribution in [3.05, 3.63) is 59.2 Å². The molecule has 0 bridgehead atoms. The smallest absolute Gasteiger partial charge is 0.338 e. The Kier molecular flexibility index (Phi) is 5.66. The first-order valence-electron chi connectivity index (χ1n) is 7.76. The Morgan fingerprint density at radius 1 is 1.04 bits per heavy atom. The molecule has 1 N–H and O–H groups in total. The second-order valence-electron chi connectivity index (χ2n) is 5.90. The Morgan fingerprint density at radius 2 is 1.62 bits per heavy atom. The van der Waals surface area contributed by atoms with Gasteiger partial charge >= 0.3 is 5.97 Å². The number of carbonyl (C=O) groups excluding carboxylic acids is 2. The van der Waals surface area contributed by atoms with Crippen LogP contribution in [0.1, 0.15) is 40.1 Å². The summed E-state index contributed by atoms with van der Waals surface area (Å²) in [6, 6.07) is 9.43. The number of ether oxygens (including phenoxy) is 1. The third-order valence-corrected chi connectivity index (χ3v) is 4.95. The van der Waals surface area contributed by atoms with Crippen molar-refractivity contribution in [2.75, 3.05) is 4.72 Å². The molecule has 0 aromatic heterocycles. The maximum Gasteiger partial charge on any atom is 0.338 e. The van der Waals surface area contributed by atoms with Gasteiger partial charge in [0, 0.05) is 5.69 Å². The highest BCUT2D eigenvalue weighted by molar-refractivity contribution is 7.92. The quantitative estimate of drug-likeness (QED) is 0.768. The third kappa shape index (κ3) is 4.60. The number of sulfonamides is 1. The van der Waals surface area contributed by atoms with Crippen LogP contribution >= 0.6 is 0 Å². The summed E-state index contributed by atoms with van der Waals surface area (Å²) >= 11 is 0. The number of aryl methyl sites for hydroxylation is 1. The molecule has 0 fully saturated rings. The average Bonchev–Trinajstić information content (AvgIpc) is 2.54. The molecular weight excluding hydrogens is 358 g/mol. The lowest BCUT2D eigenvalue weighted by molar-refractivity contribution is -0.255. The van der Waals surface area contributed by atoms with Crippen molar-refractivity contribution < 1.29 is 27.9 Å². The zero-order valence-corrected chi connectivity index (χ0v) is 15.3. The van der Waals surface area contributed by atoms with Gasteiger partial charge in [0.25, 0.3) is 10.0 Å². The van der Waals surface area contributed by atoms with Gasteiger partial charge in [-0.15, -0.1) is 0 Å². The van der Waals surface area contributed by atoms with Crippen LogP contribution in [0.4, 0.5) is 5.69 Å². The lowest BCUT2D eigenvalue weighted by atomic mass is 10.1. The van der Waals surface area contributed by atoms with Crippen molar-refractivity contribution in [3.63, 3.8) is 0 Å². The maximum absolute atomic E-state index is 12.5. The second kappa shape index (κ2) is 7.57.